The Labute approximate surface area is 81.3 Å². The van der Waals surface area contributed by atoms with Crippen LogP contribution in [0.5, 0.6) is 11.5 Å². The molecule has 2 N–H and O–H groups in total. The molecular weight excluding hydrogens is 180 g/mol. The molecule has 4 heteroatoms. The van der Waals surface area contributed by atoms with Crippen molar-refractivity contribution in [2.75, 3.05) is 0 Å². The van der Waals surface area contributed by atoms with Crippen molar-refractivity contribution < 1.29 is 10.2 Å². The summed E-state index contributed by atoms with van der Waals surface area (Å²) in [6, 6.07) is 6.17. The summed E-state index contributed by atoms with van der Waals surface area (Å²) in [7, 11) is 0. The van der Waals surface area contributed by atoms with Gasteiger partial charge in [0.05, 0.1) is 12.1 Å². The summed E-state index contributed by atoms with van der Waals surface area (Å²) >= 11 is 0. The molecule has 0 spiro atoms. The topological polar surface area (TPSA) is 88.0 Å². The van der Waals surface area contributed by atoms with E-state index >= 15 is 0 Å². The van der Waals surface area contributed by atoms with Crippen LogP contribution in [0.4, 0.5) is 0 Å². The molecule has 0 atom stereocenters. The minimum absolute atomic E-state index is 0.249. The van der Waals surface area contributed by atoms with Crippen molar-refractivity contribution in [1.29, 1.82) is 10.5 Å². The van der Waals surface area contributed by atoms with E-state index in [-0.39, 0.29) is 11.5 Å². The van der Waals surface area contributed by atoms with Gasteiger partial charge in [-0.1, -0.05) is 0 Å². The van der Waals surface area contributed by atoms with Gasteiger partial charge in [0, 0.05) is 0 Å². The number of nitrogens with zero attached hydrogens (tertiary/aromatic N) is 2. The van der Waals surface area contributed by atoms with Crippen LogP contribution >= 0.6 is 0 Å². The number of phenols is 2. The SMILES string of the molecule is Cc1cc(O)c(O)cc1C(C#N)C#N. The molecule has 0 unspecified atom stereocenters. The predicted octanol–water partition coefficient (Wildman–Crippen LogP) is 1.54. The van der Waals surface area contributed by atoms with Crippen LogP contribution in [0.25, 0.3) is 0 Å². The average molecular weight is 188 g/mol. The molecule has 4 nitrogen and oxygen atoms in total. The molecule has 0 aliphatic carbocycles. The minimum atomic E-state index is -0.915. The molecule has 0 radical (unpaired) electrons. The second-order valence-electron chi connectivity index (χ2n) is 2.89. The monoisotopic (exact) mass is 188 g/mol. The molecule has 1 aromatic carbocycles. The Hall–Kier alpha value is -2.20. The standard InChI is InChI=1S/C10H8N2O2/c1-6-2-9(13)10(14)3-8(6)7(4-11)5-12/h2-3,7,13-14H,1H3. The van der Waals surface area contributed by atoms with Crippen LogP contribution in [0.2, 0.25) is 0 Å². The third kappa shape index (κ3) is 1.60. The maximum absolute atomic E-state index is 9.20. The number of rotatable bonds is 1. The van der Waals surface area contributed by atoms with E-state index in [1.807, 2.05) is 0 Å². The Balaban J connectivity index is 3.31. The van der Waals surface area contributed by atoms with E-state index in [4.69, 9.17) is 15.6 Å². The zero-order valence-corrected chi connectivity index (χ0v) is 7.52. The van der Waals surface area contributed by atoms with Crippen LogP contribution < -0.4 is 0 Å². The van der Waals surface area contributed by atoms with Crippen LogP contribution in [0.15, 0.2) is 12.1 Å². The largest absolute Gasteiger partial charge is 0.504 e. The fourth-order valence-electron chi connectivity index (χ4n) is 1.18. The molecule has 1 rings (SSSR count). The Morgan fingerprint density at radius 1 is 1.14 bits per heavy atom. The van der Waals surface area contributed by atoms with Gasteiger partial charge in [0.15, 0.2) is 17.4 Å². The number of aromatic hydroxyl groups is 2. The summed E-state index contributed by atoms with van der Waals surface area (Å²) in [5.74, 6) is -1.48. The lowest BCUT2D eigenvalue weighted by Crippen LogP contribution is -1.95. The van der Waals surface area contributed by atoms with Crippen molar-refractivity contribution in [3.05, 3.63) is 23.3 Å². The second kappa shape index (κ2) is 3.68. The lowest BCUT2D eigenvalue weighted by molar-refractivity contribution is 0.402. The highest BCUT2D eigenvalue weighted by Gasteiger charge is 2.14. The fourth-order valence-corrected chi connectivity index (χ4v) is 1.18. The molecule has 70 valence electrons. The molecule has 0 amide bonds. The molecule has 0 aliphatic heterocycles. The van der Waals surface area contributed by atoms with Gasteiger partial charge >= 0.3 is 0 Å². The highest BCUT2D eigenvalue weighted by Crippen LogP contribution is 2.31. The quantitative estimate of drug-likeness (QED) is 0.654. The lowest BCUT2D eigenvalue weighted by atomic mass is 9.96. The predicted molar refractivity (Wildman–Crippen MR) is 48.5 cm³/mol. The van der Waals surface area contributed by atoms with Gasteiger partial charge in [-0.2, -0.15) is 10.5 Å². The molecular formula is C10H8N2O2. The number of nitriles is 2. The molecule has 0 saturated carbocycles. The van der Waals surface area contributed by atoms with Crippen LogP contribution in [0, 0.1) is 29.6 Å². The van der Waals surface area contributed by atoms with E-state index in [2.05, 4.69) is 0 Å². The molecule has 14 heavy (non-hydrogen) atoms. The molecule has 0 saturated heterocycles. The number of hydrogen-bond donors (Lipinski definition) is 2. The number of phenolic OH excluding ortho intramolecular Hbond substituents is 2. The number of benzene rings is 1. The van der Waals surface area contributed by atoms with Gasteiger partial charge < -0.3 is 10.2 Å². The summed E-state index contributed by atoms with van der Waals surface area (Å²) in [6.45, 7) is 1.66. The summed E-state index contributed by atoms with van der Waals surface area (Å²) in [5, 5.41) is 35.6. The highest BCUT2D eigenvalue weighted by atomic mass is 16.3. The van der Waals surface area contributed by atoms with Crippen molar-refractivity contribution in [3.63, 3.8) is 0 Å². The molecule has 0 aromatic heterocycles. The van der Waals surface area contributed by atoms with Gasteiger partial charge in [0.1, 0.15) is 0 Å². The second-order valence-corrected chi connectivity index (χ2v) is 2.89. The van der Waals surface area contributed by atoms with Gasteiger partial charge in [-0.25, -0.2) is 0 Å². The van der Waals surface area contributed by atoms with E-state index in [1.54, 1.807) is 19.1 Å². The van der Waals surface area contributed by atoms with Crippen molar-refractivity contribution in [1.82, 2.24) is 0 Å². The van der Waals surface area contributed by atoms with Crippen molar-refractivity contribution in [3.8, 4) is 23.6 Å². The molecule has 0 bridgehead atoms. The maximum Gasteiger partial charge on any atom is 0.158 e. The van der Waals surface area contributed by atoms with Gasteiger partial charge in [-0.3, -0.25) is 0 Å². The number of aryl methyl sites for hydroxylation is 1. The third-order valence-electron chi connectivity index (χ3n) is 1.93. The first-order chi connectivity index (χ1) is 6.60. The normalized spacial score (nSPS) is 9.43. The Morgan fingerprint density at radius 3 is 2.14 bits per heavy atom. The first-order valence-corrected chi connectivity index (χ1v) is 3.92. The molecule has 0 aliphatic rings. The fraction of sp³-hybridized carbons (Fsp3) is 0.200. The first kappa shape index (κ1) is 9.88. The van der Waals surface area contributed by atoms with Crippen molar-refractivity contribution in [2.45, 2.75) is 12.8 Å². The molecule has 0 fully saturated rings. The number of hydrogen-bond acceptors (Lipinski definition) is 4. The Bertz CT molecular complexity index is 427. The van der Waals surface area contributed by atoms with Crippen LogP contribution in [0.1, 0.15) is 17.0 Å². The third-order valence-corrected chi connectivity index (χ3v) is 1.93. The van der Waals surface area contributed by atoms with Gasteiger partial charge in [0.2, 0.25) is 0 Å². The smallest absolute Gasteiger partial charge is 0.158 e. The molecule has 0 heterocycles. The summed E-state index contributed by atoms with van der Waals surface area (Å²) in [6.07, 6.45) is 0. The van der Waals surface area contributed by atoms with Crippen LogP contribution in [-0.2, 0) is 0 Å². The van der Waals surface area contributed by atoms with E-state index in [9.17, 15) is 5.11 Å². The maximum atomic E-state index is 9.20. The summed E-state index contributed by atoms with van der Waals surface area (Å²) < 4.78 is 0. The van der Waals surface area contributed by atoms with Gasteiger partial charge in [0.25, 0.3) is 0 Å². The Morgan fingerprint density at radius 2 is 1.64 bits per heavy atom. The lowest BCUT2D eigenvalue weighted by Gasteiger charge is -2.07. The zero-order valence-electron chi connectivity index (χ0n) is 7.52. The molecule has 1 aromatic rings. The summed E-state index contributed by atoms with van der Waals surface area (Å²) in [4.78, 5) is 0. The van der Waals surface area contributed by atoms with E-state index in [0.29, 0.717) is 11.1 Å². The van der Waals surface area contributed by atoms with Crippen LogP contribution in [0.3, 0.4) is 0 Å². The highest BCUT2D eigenvalue weighted by molar-refractivity contribution is 5.49. The van der Waals surface area contributed by atoms with Crippen LogP contribution in [-0.4, -0.2) is 10.2 Å². The van der Waals surface area contributed by atoms with Gasteiger partial charge in [-0.15, -0.1) is 0 Å². The summed E-state index contributed by atoms with van der Waals surface area (Å²) in [5.41, 5.74) is 1.03. The van der Waals surface area contributed by atoms with E-state index in [1.165, 1.54) is 12.1 Å². The first-order valence-electron chi connectivity index (χ1n) is 3.92. The minimum Gasteiger partial charge on any atom is -0.504 e. The van der Waals surface area contributed by atoms with E-state index in [0.717, 1.165) is 0 Å². The van der Waals surface area contributed by atoms with E-state index < -0.39 is 5.92 Å². The van der Waals surface area contributed by atoms with Gasteiger partial charge in [-0.05, 0) is 30.2 Å². The zero-order chi connectivity index (χ0) is 10.7. The Kier molecular flexibility index (Phi) is 2.59. The average Bonchev–Trinajstić information content (AvgIpc) is 2.15. The van der Waals surface area contributed by atoms with Crippen molar-refractivity contribution >= 4 is 0 Å². The van der Waals surface area contributed by atoms with Crippen molar-refractivity contribution in [2.24, 2.45) is 0 Å².